The number of ketones is 1. The van der Waals surface area contributed by atoms with Crippen LogP contribution < -0.4 is 0 Å². The lowest BCUT2D eigenvalue weighted by molar-refractivity contribution is -0.119. The van der Waals surface area contributed by atoms with Gasteiger partial charge in [0, 0.05) is 19.4 Å². The van der Waals surface area contributed by atoms with E-state index in [1.54, 1.807) is 12.2 Å². The van der Waals surface area contributed by atoms with Gasteiger partial charge in [0.2, 0.25) is 0 Å². The number of rotatable bonds is 5. The van der Waals surface area contributed by atoms with Gasteiger partial charge in [0.1, 0.15) is 5.78 Å². The average molecular weight is 216 g/mol. The summed E-state index contributed by atoms with van der Waals surface area (Å²) in [5, 5.41) is 8.50. The molecule has 0 spiro atoms. The molecular weight excluding hydrogens is 200 g/mol. The van der Waals surface area contributed by atoms with Crippen LogP contribution in [0.2, 0.25) is 0 Å². The standard InChI is InChI=1S/C14H16O2/c1-2-3-4-5-6-7-8-9-10-11-14(16)12-13-15/h2-3,8-9,15H,10-13H2,1H3. The highest BCUT2D eigenvalue weighted by Gasteiger charge is 1.97. The number of hydrogen-bond donors (Lipinski definition) is 1. The van der Waals surface area contributed by atoms with Crippen LogP contribution in [-0.4, -0.2) is 17.5 Å². The molecule has 0 heterocycles. The van der Waals surface area contributed by atoms with Crippen LogP contribution >= 0.6 is 0 Å². The SMILES string of the molecule is CC=CC#CC#CC=CCCC(=O)CCO. The van der Waals surface area contributed by atoms with Crippen LogP contribution in [0.1, 0.15) is 26.2 Å². The number of hydrogen-bond acceptors (Lipinski definition) is 2. The lowest BCUT2D eigenvalue weighted by atomic mass is 10.2. The summed E-state index contributed by atoms with van der Waals surface area (Å²) in [5.41, 5.74) is 0. The quantitative estimate of drug-likeness (QED) is 0.712. The fourth-order valence-electron chi connectivity index (χ4n) is 0.875. The Hall–Kier alpha value is -1.77. The van der Waals surface area contributed by atoms with Crippen LogP contribution in [0.25, 0.3) is 0 Å². The maximum absolute atomic E-state index is 11.0. The van der Waals surface area contributed by atoms with E-state index < -0.39 is 0 Å². The summed E-state index contributed by atoms with van der Waals surface area (Å²) in [5.74, 6) is 10.9. The molecule has 2 nitrogen and oxygen atoms in total. The lowest BCUT2D eigenvalue weighted by Crippen LogP contribution is -1.99. The van der Waals surface area contributed by atoms with E-state index in [4.69, 9.17) is 5.11 Å². The molecule has 0 aromatic heterocycles. The number of aliphatic hydroxyl groups is 1. The van der Waals surface area contributed by atoms with E-state index in [-0.39, 0.29) is 18.8 Å². The van der Waals surface area contributed by atoms with Crippen LogP contribution in [0, 0.1) is 23.7 Å². The maximum Gasteiger partial charge on any atom is 0.135 e. The van der Waals surface area contributed by atoms with Gasteiger partial charge in [0.15, 0.2) is 0 Å². The molecule has 1 N–H and O–H groups in total. The zero-order valence-electron chi connectivity index (χ0n) is 9.49. The van der Waals surface area contributed by atoms with Crippen molar-refractivity contribution in [2.24, 2.45) is 0 Å². The Morgan fingerprint density at radius 1 is 1.19 bits per heavy atom. The molecule has 0 aromatic carbocycles. The Kier molecular flexibility index (Phi) is 10.1. The molecule has 0 saturated heterocycles. The molecule has 0 bridgehead atoms. The molecule has 0 aliphatic carbocycles. The third kappa shape index (κ3) is 10.3. The minimum atomic E-state index is -0.0666. The molecule has 0 aliphatic rings. The molecule has 2 heteroatoms. The van der Waals surface area contributed by atoms with Crippen LogP contribution in [-0.2, 0) is 4.79 Å². The molecule has 0 unspecified atom stereocenters. The molecule has 0 saturated carbocycles. The Bertz CT molecular complexity index is 367. The summed E-state index contributed by atoms with van der Waals surface area (Å²) in [6.45, 7) is 1.83. The molecule has 16 heavy (non-hydrogen) atoms. The summed E-state index contributed by atoms with van der Waals surface area (Å²) >= 11 is 0. The van der Waals surface area contributed by atoms with E-state index in [9.17, 15) is 4.79 Å². The molecule has 0 fully saturated rings. The summed E-state index contributed by atoms with van der Waals surface area (Å²) in [6, 6.07) is 0. The number of aliphatic hydroxyl groups excluding tert-OH is 1. The fourth-order valence-corrected chi connectivity index (χ4v) is 0.875. The second-order valence-electron chi connectivity index (χ2n) is 2.99. The van der Waals surface area contributed by atoms with Crippen molar-refractivity contribution in [2.75, 3.05) is 6.61 Å². The monoisotopic (exact) mass is 216 g/mol. The maximum atomic E-state index is 11.0. The Labute approximate surface area is 97.1 Å². The Morgan fingerprint density at radius 3 is 2.50 bits per heavy atom. The second-order valence-corrected chi connectivity index (χ2v) is 2.99. The van der Waals surface area contributed by atoms with E-state index in [1.165, 1.54) is 0 Å². The first-order valence-corrected chi connectivity index (χ1v) is 5.21. The number of allylic oxidation sites excluding steroid dienone is 4. The van der Waals surface area contributed by atoms with Crippen LogP contribution in [0.15, 0.2) is 24.3 Å². The van der Waals surface area contributed by atoms with E-state index in [2.05, 4.69) is 23.7 Å². The summed E-state index contributed by atoms with van der Waals surface area (Å²) in [7, 11) is 0. The van der Waals surface area contributed by atoms with Gasteiger partial charge in [-0.2, -0.15) is 0 Å². The minimum absolute atomic E-state index is 0.0666. The van der Waals surface area contributed by atoms with Crippen LogP contribution in [0.3, 0.4) is 0 Å². The lowest BCUT2D eigenvalue weighted by Gasteiger charge is -1.92. The second kappa shape index (κ2) is 11.3. The zero-order chi connectivity index (χ0) is 12.1. The molecule has 0 aliphatic heterocycles. The van der Waals surface area contributed by atoms with Gasteiger partial charge in [-0.3, -0.25) is 4.79 Å². The van der Waals surface area contributed by atoms with Crippen molar-refractivity contribution in [3.8, 4) is 23.7 Å². The van der Waals surface area contributed by atoms with Gasteiger partial charge >= 0.3 is 0 Å². The molecule has 0 amide bonds. The van der Waals surface area contributed by atoms with Crippen molar-refractivity contribution < 1.29 is 9.90 Å². The third-order valence-electron chi connectivity index (χ3n) is 1.64. The highest BCUT2D eigenvalue weighted by Crippen LogP contribution is 1.95. The first-order chi connectivity index (χ1) is 7.81. The van der Waals surface area contributed by atoms with E-state index in [1.807, 2.05) is 19.1 Å². The van der Waals surface area contributed by atoms with E-state index >= 15 is 0 Å². The smallest absolute Gasteiger partial charge is 0.135 e. The normalized spacial score (nSPS) is 9.62. The van der Waals surface area contributed by atoms with E-state index in [0.717, 1.165) is 0 Å². The number of Topliss-reactive ketones (excluding diaryl/α,β-unsaturated/α-hetero) is 1. The van der Waals surface area contributed by atoms with Gasteiger partial charge in [-0.15, -0.1) is 0 Å². The molecule has 84 valence electrons. The first-order valence-electron chi connectivity index (χ1n) is 5.21. The largest absolute Gasteiger partial charge is 0.396 e. The fraction of sp³-hybridized carbons (Fsp3) is 0.357. The van der Waals surface area contributed by atoms with Crippen molar-refractivity contribution in [1.29, 1.82) is 0 Å². The topological polar surface area (TPSA) is 37.3 Å². The van der Waals surface area contributed by atoms with E-state index in [0.29, 0.717) is 12.8 Å². The highest BCUT2D eigenvalue weighted by atomic mass is 16.3. The predicted molar refractivity (Wildman–Crippen MR) is 65.4 cm³/mol. The van der Waals surface area contributed by atoms with Crippen LogP contribution in [0.5, 0.6) is 0 Å². The highest BCUT2D eigenvalue weighted by molar-refractivity contribution is 5.78. The van der Waals surface area contributed by atoms with Gasteiger partial charge < -0.3 is 5.11 Å². The first kappa shape index (κ1) is 14.2. The molecule has 0 radical (unpaired) electrons. The van der Waals surface area contributed by atoms with Gasteiger partial charge in [0.05, 0.1) is 0 Å². The summed E-state index contributed by atoms with van der Waals surface area (Å²) in [6.07, 6.45) is 8.46. The minimum Gasteiger partial charge on any atom is -0.396 e. The third-order valence-corrected chi connectivity index (χ3v) is 1.64. The van der Waals surface area contributed by atoms with Crippen LogP contribution in [0.4, 0.5) is 0 Å². The predicted octanol–water partition coefficient (Wildman–Crippen LogP) is 1.86. The number of carbonyl (C=O) groups is 1. The van der Waals surface area contributed by atoms with Crippen molar-refractivity contribution in [2.45, 2.75) is 26.2 Å². The zero-order valence-corrected chi connectivity index (χ0v) is 9.49. The van der Waals surface area contributed by atoms with Crippen molar-refractivity contribution in [1.82, 2.24) is 0 Å². The Morgan fingerprint density at radius 2 is 1.88 bits per heavy atom. The van der Waals surface area contributed by atoms with Gasteiger partial charge in [-0.05, 0) is 37.3 Å². The summed E-state index contributed by atoms with van der Waals surface area (Å²) < 4.78 is 0. The number of carbonyl (C=O) groups excluding carboxylic acids is 1. The molecular formula is C14H16O2. The molecule has 0 atom stereocenters. The van der Waals surface area contributed by atoms with Crippen molar-refractivity contribution in [3.05, 3.63) is 24.3 Å². The van der Waals surface area contributed by atoms with Crippen molar-refractivity contribution in [3.63, 3.8) is 0 Å². The van der Waals surface area contributed by atoms with Crippen molar-refractivity contribution >= 4 is 5.78 Å². The molecule has 0 aromatic rings. The summed E-state index contributed by atoms with van der Waals surface area (Å²) in [4.78, 5) is 11.0. The molecule has 0 rings (SSSR count). The van der Waals surface area contributed by atoms with Gasteiger partial charge in [-0.1, -0.05) is 24.0 Å². The van der Waals surface area contributed by atoms with Gasteiger partial charge in [-0.25, -0.2) is 0 Å². The Balaban J connectivity index is 3.71. The average Bonchev–Trinajstić information content (AvgIpc) is 2.27. The van der Waals surface area contributed by atoms with Gasteiger partial charge in [0.25, 0.3) is 0 Å².